The number of hydrogen-bond acceptors (Lipinski definition) is 3. The summed E-state index contributed by atoms with van der Waals surface area (Å²) < 4.78 is 2.00. The molecule has 4 nitrogen and oxygen atoms in total. The van der Waals surface area contributed by atoms with Gasteiger partial charge in [0.25, 0.3) is 0 Å². The van der Waals surface area contributed by atoms with Crippen LogP contribution >= 0.6 is 0 Å². The summed E-state index contributed by atoms with van der Waals surface area (Å²) in [7, 11) is 4.10. The van der Waals surface area contributed by atoms with Crippen LogP contribution in [0.3, 0.4) is 0 Å². The Bertz CT molecular complexity index is 464. The van der Waals surface area contributed by atoms with E-state index in [0.29, 0.717) is 0 Å². The minimum Gasteiger partial charge on any atom is -0.318 e. The Hall–Kier alpha value is -1.65. The molecule has 2 rings (SSSR count). The van der Waals surface area contributed by atoms with Gasteiger partial charge in [-0.15, -0.1) is 0 Å². The lowest BCUT2D eigenvalue weighted by molar-refractivity contribution is 0.321. The Morgan fingerprint density at radius 3 is 2.72 bits per heavy atom. The van der Waals surface area contributed by atoms with E-state index < -0.39 is 0 Å². The van der Waals surface area contributed by atoms with Crippen LogP contribution in [0.25, 0.3) is 5.69 Å². The first-order chi connectivity index (χ1) is 8.81. The maximum atomic E-state index is 4.39. The van der Waals surface area contributed by atoms with Gasteiger partial charge in [-0.2, -0.15) is 5.10 Å². The summed E-state index contributed by atoms with van der Waals surface area (Å²) in [4.78, 5) is 2.28. The zero-order valence-electron chi connectivity index (χ0n) is 11.0. The van der Waals surface area contributed by atoms with Crippen LogP contribution < -0.4 is 5.32 Å². The lowest BCUT2D eigenvalue weighted by Crippen LogP contribution is -2.27. The summed E-state index contributed by atoms with van der Waals surface area (Å²) >= 11 is 0. The van der Waals surface area contributed by atoms with E-state index in [1.165, 1.54) is 5.69 Å². The average Bonchev–Trinajstić information content (AvgIpc) is 2.85. The molecular formula is C14H20N4. The first-order valence-corrected chi connectivity index (χ1v) is 6.22. The fraction of sp³-hybridized carbons (Fsp3) is 0.357. The van der Waals surface area contributed by atoms with Crippen molar-refractivity contribution in [3.05, 3.63) is 48.3 Å². The van der Waals surface area contributed by atoms with Crippen molar-refractivity contribution in [1.29, 1.82) is 0 Å². The largest absolute Gasteiger partial charge is 0.318 e. The van der Waals surface area contributed by atoms with Gasteiger partial charge in [0.1, 0.15) is 0 Å². The van der Waals surface area contributed by atoms with Gasteiger partial charge in [0.05, 0.1) is 11.4 Å². The number of benzene rings is 1. The second kappa shape index (κ2) is 6.33. The second-order valence-electron chi connectivity index (χ2n) is 4.41. The number of hydrogen-bond donors (Lipinski definition) is 1. The summed E-state index contributed by atoms with van der Waals surface area (Å²) in [5.41, 5.74) is 2.32. The van der Waals surface area contributed by atoms with Crippen LogP contribution in [0.1, 0.15) is 5.69 Å². The van der Waals surface area contributed by atoms with Gasteiger partial charge in [-0.25, -0.2) is 4.68 Å². The summed E-state index contributed by atoms with van der Waals surface area (Å²) in [6, 6.07) is 12.3. The van der Waals surface area contributed by atoms with E-state index in [4.69, 9.17) is 0 Å². The minimum absolute atomic E-state index is 0.899. The van der Waals surface area contributed by atoms with Crippen molar-refractivity contribution in [3.8, 4) is 5.69 Å². The van der Waals surface area contributed by atoms with Crippen LogP contribution in [-0.2, 0) is 6.54 Å². The second-order valence-corrected chi connectivity index (χ2v) is 4.41. The van der Waals surface area contributed by atoms with Gasteiger partial charge in [0.2, 0.25) is 0 Å². The van der Waals surface area contributed by atoms with Crippen molar-refractivity contribution in [2.45, 2.75) is 6.54 Å². The smallest absolute Gasteiger partial charge is 0.0649 e. The third-order valence-corrected chi connectivity index (χ3v) is 2.90. The number of likely N-dealkylation sites (N-methyl/N-ethyl adjacent to an activating group) is 2. The molecule has 18 heavy (non-hydrogen) atoms. The first kappa shape index (κ1) is 12.8. The SMILES string of the molecule is CNCCN(C)Cc1ccnn1-c1ccccc1. The van der Waals surface area contributed by atoms with Crippen molar-refractivity contribution in [2.24, 2.45) is 0 Å². The standard InChI is InChI=1S/C14H20N4/c1-15-10-11-17(2)12-14-8-9-16-18(14)13-6-4-3-5-7-13/h3-9,15H,10-12H2,1-2H3. The third kappa shape index (κ3) is 3.18. The summed E-state index contributed by atoms with van der Waals surface area (Å²) in [5, 5.41) is 7.55. The fourth-order valence-electron chi connectivity index (χ4n) is 1.91. The maximum Gasteiger partial charge on any atom is 0.0649 e. The molecular weight excluding hydrogens is 224 g/mol. The van der Waals surface area contributed by atoms with Gasteiger partial charge in [-0.05, 0) is 32.3 Å². The van der Waals surface area contributed by atoms with Gasteiger partial charge < -0.3 is 5.32 Å². The molecule has 0 aliphatic carbocycles. The zero-order chi connectivity index (χ0) is 12.8. The van der Waals surface area contributed by atoms with Crippen molar-refractivity contribution in [1.82, 2.24) is 20.0 Å². The minimum atomic E-state index is 0.899. The lowest BCUT2D eigenvalue weighted by atomic mass is 10.3. The molecule has 4 heteroatoms. The van der Waals surface area contributed by atoms with Crippen molar-refractivity contribution in [3.63, 3.8) is 0 Å². The molecule has 0 aliphatic rings. The molecule has 1 N–H and O–H groups in total. The van der Waals surface area contributed by atoms with E-state index in [9.17, 15) is 0 Å². The molecule has 1 heterocycles. The van der Waals surface area contributed by atoms with Crippen LogP contribution in [0, 0.1) is 0 Å². The Kier molecular flexibility index (Phi) is 4.50. The quantitative estimate of drug-likeness (QED) is 0.836. The normalized spacial score (nSPS) is 11.1. The molecule has 0 radical (unpaired) electrons. The topological polar surface area (TPSA) is 33.1 Å². The molecule has 0 amide bonds. The fourth-order valence-corrected chi connectivity index (χ4v) is 1.91. The van der Waals surface area contributed by atoms with E-state index in [1.54, 1.807) is 0 Å². The molecule has 1 aromatic heterocycles. The van der Waals surface area contributed by atoms with Crippen LogP contribution in [-0.4, -0.2) is 41.9 Å². The number of rotatable bonds is 6. The van der Waals surface area contributed by atoms with Gasteiger partial charge in [0.15, 0.2) is 0 Å². The zero-order valence-corrected chi connectivity index (χ0v) is 11.0. The highest BCUT2D eigenvalue weighted by molar-refractivity contribution is 5.32. The van der Waals surface area contributed by atoms with Gasteiger partial charge >= 0.3 is 0 Å². The number of aromatic nitrogens is 2. The Labute approximate surface area is 108 Å². The predicted molar refractivity (Wildman–Crippen MR) is 73.8 cm³/mol. The molecule has 0 atom stereocenters. The molecule has 0 spiro atoms. The molecule has 0 unspecified atom stereocenters. The third-order valence-electron chi connectivity index (χ3n) is 2.90. The van der Waals surface area contributed by atoms with E-state index in [-0.39, 0.29) is 0 Å². The van der Waals surface area contributed by atoms with E-state index in [2.05, 4.69) is 40.6 Å². The van der Waals surface area contributed by atoms with Crippen molar-refractivity contribution in [2.75, 3.05) is 27.2 Å². The van der Waals surface area contributed by atoms with Crippen LogP contribution in [0.5, 0.6) is 0 Å². The van der Waals surface area contributed by atoms with Gasteiger partial charge in [-0.3, -0.25) is 4.90 Å². The Morgan fingerprint density at radius 2 is 2.00 bits per heavy atom. The Balaban J connectivity index is 2.09. The highest BCUT2D eigenvalue weighted by Crippen LogP contribution is 2.11. The van der Waals surface area contributed by atoms with Gasteiger partial charge in [-0.1, -0.05) is 18.2 Å². The van der Waals surface area contributed by atoms with E-state index >= 15 is 0 Å². The maximum absolute atomic E-state index is 4.39. The number of nitrogens with one attached hydrogen (secondary N) is 1. The lowest BCUT2D eigenvalue weighted by Gasteiger charge is -2.17. The predicted octanol–water partition coefficient (Wildman–Crippen LogP) is 1.52. The summed E-state index contributed by atoms with van der Waals surface area (Å²) in [6.07, 6.45) is 1.86. The number of nitrogens with zero attached hydrogens (tertiary/aromatic N) is 3. The van der Waals surface area contributed by atoms with Gasteiger partial charge in [0, 0.05) is 25.8 Å². The average molecular weight is 244 g/mol. The molecule has 2 aromatic rings. The Morgan fingerprint density at radius 1 is 1.22 bits per heavy atom. The molecule has 0 saturated carbocycles. The molecule has 0 fully saturated rings. The highest BCUT2D eigenvalue weighted by atomic mass is 15.3. The number of para-hydroxylation sites is 1. The van der Waals surface area contributed by atoms with Crippen LogP contribution in [0.4, 0.5) is 0 Å². The molecule has 0 aliphatic heterocycles. The van der Waals surface area contributed by atoms with Crippen molar-refractivity contribution < 1.29 is 0 Å². The highest BCUT2D eigenvalue weighted by Gasteiger charge is 2.07. The van der Waals surface area contributed by atoms with Crippen molar-refractivity contribution >= 4 is 0 Å². The first-order valence-electron chi connectivity index (χ1n) is 6.22. The van der Waals surface area contributed by atoms with Crippen LogP contribution in [0.15, 0.2) is 42.6 Å². The molecule has 0 saturated heterocycles. The molecule has 96 valence electrons. The van der Waals surface area contributed by atoms with Crippen LogP contribution in [0.2, 0.25) is 0 Å². The monoisotopic (exact) mass is 244 g/mol. The summed E-state index contributed by atoms with van der Waals surface area (Å²) in [6.45, 7) is 2.92. The molecule has 1 aromatic carbocycles. The van der Waals surface area contributed by atoms with E-state index in [1.807, 2.05) is 36.1 Å². The van der Waals surface area contributed by atoms with E-state index in [0.717, 1.165) is 25.3 Å². The summed E-state index contributed by atoms with van der Waals surface area (Å²) in [5.74, 6) is 0. The molecule has 0 bridgehead atoms.